The number of rotatable bonds is 1. The summed E-state index contributed by atoms with van der Waals surface area (Å²) < 4.78 is 0. The van der Waals surface area contributed by atoms with Gasteiger partial charge in [0.25, 0.3) is 0 Å². The Morgan fingerprint density at radius 2 is 1.00 bits per heavy atom. The first-order valence-corrected chi connectivity index (χ1v) is 6.66. The van der Waals surface area contributed by atoms with E-state index in [1.807, 2.05) is 0 Å². The molecule has 0 spiro atoms. The molecular formula is C16H26. The van der Waals surface area contributed by atoms with Gasteiger partial charge < -0.3 is 0 Å². The molecule has 0 saturated carbocycles. The van der Waals surface area contributed by atoms with Gasteiger partial charge in [-0.3, -0.25) is 0 Å². The summed E-state index contributed by atoms with van der Waals surface area (Å²) in [4.78, 5) is 0. The maximum Gasteiger partial charge on any atom is -0.00225 e. The highest BCUT2D eigenvalue weighted by Crippen LogP contribution is 2.62. The van der Waals surface area contributed by atoms with E-state index in [0.717, 1.165) is 0 Å². The lowest BCUT2D eigenvalue weighted by atomic mass is 9.59. The lowest BCUT2D eigenvalue weighted by Gasteiger charge is -2.45. The van der Waals surface area contributed by atoms with Crippen LogP contribution in [0.4, 0.5) is 0 Å². The SMILES string of the molecule is CC1=C(C)C(C)(C2(C)CCC(C)=C2C)CC1. The summed E-state index contributed by atoms with van der Waals surface area (Å²) in [7, 11) is 0. The molecule has 2 rings (SSSR count). The normalized spacial score (nSPS) is 40.1. The summed E-state index contributed by atoms with van der Waals surface area (Å²) >= 11 is 0. The molecule has 0 aromatic carbocycles. The van der Waals surface area contributed by atoms with Gasteiger partial charge in [0.15, 0.2) is 0 Å². The highest BCUT2D eigenvalue weighted by atomic mass is 14.5. The third kappa shape index (κ3) is 1.28. The van der Waals surface area contributed by atoms with E-state index in [4.69, 9.17) is 0 Å². The molecule has 0 radical (unpaired) electrons. The van der Waals surface area contributed by atoms with Crippen LogP contribution < -0.4 is 0 Å². The molecule has 16 heavy (non-hydrogen) atoms. The summed E-state index contributed by atoms with van der Waals surface area (Å²) in [6.45, 7) is 14.4. The van der Waals surface area contributed by atoms with E-state index in [0.29, 0.717) is 10.8 Å². The molecule has 0 heteroatoms. The zero-order valence-electron chi connectivity index (χ0n) is 11.8. The second kappa shape index (κ2) is 3.48. The molecule has 0 aromatic heterocycles. The van der Waals surface area contributed by atoms with Gasteiger partial charge >= 0.3 is 0 Å². The number of hydrogen-bond donors (Lipinski definition) is 0. The highest BCUT2D eigenvalue weighted by Gasteiger charge is 2.50. The monoisotopic (exact) mass is 218 g/mol. The van der Waals surface area contributed by atoms with Crippen molar-refractivity contribution in [3.05, 3.63) is 22.3 Å². The molecule has 2 atom stereocenters. The van der Waals surface area contributed by atoms with Crippen molar-refractivity contribution in [1.29, 1.82) is 0 Å². The Morgan fingerprint density at radius 1 is 0.688 bits per heavy atom. The molecule has 0 aromatic rings. The van der Waals surface area contributed by atoms with Crippen molar-refractivity contribution in [2.75, 3.05) is 0 Å². The second-order valence-electron chi connectivity index (χ2n) is 6.47. The summed E-state index contributed by atoms with van der Waals surface area (Å²) in [5, 5.41) is 0. The van der Waals surface area contributed by atoms with Crippen molar-refractivity contribution in [2.24, 2.45) is 10.8 Å². The summed E-state index contributed by atoms with van der Waals surface area (Å²) in [5.74, 6) is 0. The van der Waals surface area contributed by atoms with Crippen LogP contribution in [0.15, 0.2) is 22.3 Å². The fourth-order valence-corrected chi connectivity index (χ4v) is 3.95. The van der Waals surface area contributed by atoms with Crippen molar-refractivity contribution in [3.8, 4) is 0 Å². The van der Waals surface area contributed by atoms with Gasteiger partial charge in [-0.25, -0.2) is 0 Å². The molecule has 2 aliphatic rings. The van der Waals surface area contributed by atoms with Crippen molar-refractivity contribution in [3.63, 3.8) is 0 Å². The van der Waals surface area contributed by atoms with Crippen LogP contribution in [0.2, 0.25) is 0 Å². The minimum Gasteiger partial charge on any atom is -0.0738 e. The van der Waals surface area contributed by atoms with Gasteiger partial charge in [-0.05, 0) is 64.2 Å². The Labute approximate surface area is 101 Å². The maximum atomic E-state index is 2.50. The zero-order valence-corrected chi connectivity index (χ0v) is 11.8. The Balaban J connectivity index is 2.47. The van der Waals surface area contributed by atoms with Crippen molar-refractivity contribution in [1.82, 2.24) is 0 Å². The number of hydrogen-bond acceptors (Lipinski definition) is 0. The molecule has 2 aliphatic carbocycles. The first-order chi connectivity index (χ1) is 7.33. The van der Waals surface area contributed by atoms with Gasteiger partial charge in [0.2, 0.25) is 0 Å². The predicted octanol–water partition coefficient (Wildman–Crippen LogP) is 5.26. The molecule has 0 aliphatic heterocycles. The third-order valence-electron chi connectivity index (χ3n) is 6.15. The van der Waals surface area contributed by atoms with Gasteiger partial charge in [-0.15, -0.1) is 0 Å². The summed E-state index contributed by atoms with van der Waals surface area (Å²) in [5.41, 5.74) is 7.45. The van der Waals surface area contributed by atoms with Crippen LogP contribution in [-0.2, 0) is 0 Å². The van der Waals surface area contributed by atoms with Crippen molar-refractivity contribution >= 4 is 0 Å². The van der Waals surface area contributed by atoms with Crippen LogP contribution in [0.5, 0.6) is 0 Å². The van der Waals surface area contributed by atoms with Gasteiger partial charge in [0.05, 0.1) is 0 Å². The third-order valence-corrected chi connectivity index (χ3v) is 6.15. The molecule has 0 heterocycles. The molecule has 0 amide bonds. The van der Waals surface area contributed by atoms with E-state index in [-0.39, 0.29) is 0 Å². The first kappa shape index (κ1) is 12.0. The standard InChI is InChI=1S/C16H26/c1-11-7-9-15(5,13(11)3)16(6)10-8-12(2)14(16)4/h7-10H2,1-6H3. The molecule has 0 bridgehead atoms. The van der Waals surface area contributed by atoms with E-state index in [2.05, 4.69) is 41.5 Å². The highest BCUT2D eigenvalue weighted by molar-refractivity contribution is 5.36. The quantitative estimate of drug-likeness (QED) is 0.527. The first-order valence-electron chi connectivity index (χ1n) is 6.66. The predicted molar refractivity (Wildman–Crippen MR) is 71.4 cm³/mol. The minimum atomic E-state index is 0.416. The molecule has 2 unspecified atom stereocenters. The second-order valence-corrected chi connectivity index (χ2v) is 6.47. The molecule has 90 valence electrons. The summed E-state index contributed by atoms with van der Waals surface area (Å²) in [6.07, 6.45) is 5.33. The Bertz CT molecular complexity index is 345. The Hall–Kier alpha value is -0.520. The average Bonchev–Trinajstić information content (AvgIpc) is 2.67. The van der Waals surface area contributed by atoms with Crippen LogP contribution in [0, 0.1) is 10.8 Å². The molecule has 0 nitrogen and oxygen atoms in total. The van der Waals surface area contributed by atoms with Gasteiger partial charge in [0.1, 0.15) is 0 Å². The molecule has 0 N–H and O–H groups in total. The van der Waals surface area contributed by atoms with Crippen LogP contribution in [0.3, 0.4) is 0 Å². The smallest absolute Gasteiger partial charge is 0.00225 e. The topological polar surface area (TPSA) is 0 Å². The largest absolute Gasteiger partial charge is 0.0738 e. The van der Waals surface area contributed by atoms with Gasteiger partial charge in [-0.1, -0.05) is 36.1 Å². The van der Waals surface area contributed by atoms with Crippen LogP contribution in [0.25, 0.3) is 0 Å². The van der Waals surface area contributed by atoms with Gasteiger partial charge in [0, 0.05) is 0 Å². The van der Waals surface area contributed by atoms with Gasteiger partial charge in [-0.2, -0.15) is 0 Å². The molecule has 0 saturated heterocycles. The molecular weight excluding hydrogens is 192 g/mol. The van der Waals surface area contributed by atoms with E-state index in [1.165, 1.54) is 25.7 Å². The lowest BCUT2D eigenvalue weighted by molar-refractivity contribution is 0.151. The average molecular weight is 218 g/mol. The van der Waals surface area contributed by atoms with Crippen LogP contribution in [0.1, 0.15) is 67.2 Å². The van der Waals surface area contributed by atoms with E-state index >= 15 is 0 Å². The van der Waals surface area contributed by atoms with Crippen molar-refractivity contribution < 1.29 is 0 Å². The fraction of sp³-hybridized carbons (Fsp3) is 0.750. The Kier molecular flexibility index (Phi) is 2.60. The molecule has 0 fully saturated rings. The van der Waals surface area contributed by atoms with Crippen molar-refractivity contribution in [2.45, 2.75) is 67.2 Å². The zero-order chi connectivity index (χ0) is 12.1. The maximum absolute atomic E-state index is 2.50. The summed E-state index contributed by atoms with van der Waals surface area (Å²) in [6, 6.07) is 0. The van der Waals surface area contributed by atoms with Crippen LogP contribution >= 0.6 is 0 Å². The van der Waals surface area contributed by atoms with E-state index in [1.54, 1.807) is 22.3 Å². The van der Waals surface area contributed by atoms with E-state index < -0.39 is 0 Å². The minimum absolute atomic E-state index is 0.416. The Morgan fingerprint density at radius 3 is 1.19 bits per heavy atom. The number of allylic oxidation sites excluding steroid dienone is 4. The fourth-order valence-electron chi connectivity index (χ4n) is 3.95. The van der Waals surface area contributed by atoms with Crippen LogP contribution in [-0.4, -0.2) is 0 Å². The lowest BCUT2D eigenvalue weighted by Crippen LogP contribution is -2.36. The van der Waals surface area contributed by atoms with E-state index in [9.17, 15) is 0 Å².